The molecule has 5 heteroatoms. The van der Waals surface area contributed by atoms with Crippen LogP contribution in [0.4, 0.5) is 0 Å². The lowest BCUT2D eigenvalue weighted by Crippen LogP contribution is -2.05. The lowest BCUT2D eigenvalue weighted by atomic mass is 10.1. The molecule has 2 nitrogen and oxygen atoms in total. The molecule has 0 aliphatic heterocycles. The Morgan fingerprint density at radius 3 is 2.54 bits per heavy atom. The van der Waals surface area contributed by atoms with Crippen molar-refractivity contribution in [3.05, 3.63) is 27.2 Å². The van der Waals surface area contributed by atoms with Crippen LogP contribution in [0, 0.1) is 0 Å². The second kappa shape index (κ2) is 5.05. The molecule has 1 rings (SSSR count). The largest absolute Gasteiger partial charge is 0.508 e. The van der Waals surface area contributed by atoms with E-state index in [-0.39, 0.29) is 24.2 Å². The summed E-state index contributed by atoms with van der Waals surface area (Å²) in [7, 11) is 0. The molecule has 0 spiro atoms. The van der Waals surface area contributed by atoms with Gasteiger partial charge in [0.2, 0.25) is 0 Å². The molecule has 0 aliphatic carbocycles. The van der Waals surface area contributed by atoms with E-state index < -0.39 is 0 Å². The van der Waals surface area contributed by atoms with Crippen molar-refractivity contribution >= 4 is 39.9 Å². The fourth-order valence-electron chi connectivity index (χ4n) is 0.916. The highest BCUT2D eigenvalue weighted by atomic mass is 79.9. The van der Waals surface area contributed by atoms with Gasteiger partial charge in [-0.05, 0) is 35.0 Å². The molecule has 0 heterocycles. The minimum absolute atomic E-state index is 0. The molecule has 0 fully saturated rings. The lowest BCUT2D eigenvalue weighted by molar-refractivity contribution is 0.463. The zero-order valence-corrected chi connectivity index (χ0v) is 10.1. The fraction of sp³-hybridized carbons (Fsp3) is 0.250. The van der Waals surface area contributed by atoms with Gasteiger partial charge in [-0.15, -0.1) is 12.4 Å². The molecule has 0 amide bonds. The summed E-state index contributed by atoms with van der Waals surface area (Å²) < 4.78 is 0.745. The van der Waals surface area contributed by atoms with Crippen LogP contribution in [-0.4, -0.2) is 5.11 Å². The van der Waals surface area contributed by atoms with E-state index in [0.717, 1.165) is 4.47 Å². The fourth-order valence-corrected chi connectivity index (χ4v) is 1.44. The first-order valence-electron chi connectivity index (χ1n) is 3.46. The zero-order chi connectivity index (χ0) is 9.30. The molecule has 0 radical (unpaired) electrons. The van der Waals surface area contributed by atoms with Crippen molar-refractivity contribution in [2.24, 2.45) is 5.73 Å². The van der Waals surface area contributed by atoms with Crippen molar-refractivity contribution in [3.63, 3.8) is 0 Å². The molecule has 0 bridgehead atoms. The second-order valence-corrected chi connectivity index (χ2v) is 3.88. The Morgan fingerprint density at radius 1 is 1.54 bits per heavy atom. The third-order valence-corrected chi connectivity index (χ3v) is 2.76. The van der Waals surface area contributed by atoms with Crippen molar-refractivity contribution < 1.29 is 5.11 Å². The lowest BCUT2D eigenvalue weighted by Gasteiger charge is -2.09. The van der Waals surface area contributed by atoms with Crippen LogP contribution in [0.15, 0.2) is 16.6 Å². The van der Waals surface area contributed by atoms with E-state index in [9.17, 15) is 5.11 Å². The number of nitrogens with two attached hydrogens (primary N) is 1. The van der Waals surface area contributed by atoms with Gasteiger partial charge >= 0.3 is 0 Å². The standard InChI is InChI=1S/C8H9BrClNO.ClH/c1-4(11)5-2-6(9)7(10)3-8(5)12;/h2-4,12H,11H2,1H3;1H/t4-;/m0./s1. The quantitative estimate of drug-likeness (QED) is 0.832. The minimum Gasteiger partial charge on any atom is -0.508 e. The van der Waals surface area contributed by atoms with Gasteiger partial charge < -0.3 is 10.8 Å². The minimum atomic E-state index is -0.196. The number of hydrogen-bond acceptors (Lipinski definition) is 2. The van der Waals surface area contributed by atoms with Crippen molar-refractivity contribution in [1.82, 2.24) is 0 Å². The van der Waals surface area contributed by atoms with Gasteiger partial charge in [0.1, 0.15) is 5.75 Å². The molecule has 0 saturated heterocycles. The van der Waals surface area contributed by atoms with E-state index >= 15 is 0 Å². The predicted molar refractivity (Wildman–Crippen MR) is 60.7 cm³/mol. The smallest absolute Gasteiger partial charge is 0.121 e. The van der Waals surface area contributed by atoms with Crippen LogP contribution >= 0.6 is 39.9 Å². The third-order valence-electron chi connectivity index (χ3n) is 1.56. The molecular formula is C8H10BrCl2NO. The molecule has 0 aliphatic rings. The van der Waals surface area contributed by atoms with E-state index in [2.05, 4.69) is 15.9 Å². The van der Waals surface area contributed by atoms with Crippen molar-refractivity contribution in [1.29, 1.82) is 0 Å². The first-order chi connectivity index (χ1) is 5.52. The highest BCUT2D eigenvalue weighted by Crippen LogP contribution is 2.32. The maximum atomic E-state index is 9.40. The summed E-state index contributed by atoms with van der Waals surface area (Å²) in [4.78, 5) is 0. The molecule has 3 N–H and O–H groups in total. The summed E-state index contributed by atoms with van der Waals surface area (Å²) in [6.45, 7) is 1.80. The van der Waals surface area contributed by atoms with Crippen LogP contribution in [0.2, 0.25) is 5.02 Å². The Labute approximate surface area is 96.6 Å². The van der Waals surface area contributed by atoms with Gasteiger partial charge in [0.25, 0.3) is 0 Å². The van der Waals surface area contributed by atoms with Crippen LogP contribution in [0.25, 0.3) is 0 Å². The number of aromatic hydroxyl groups is 1. The van der Waals surface area contributed by atoms with Crippen molar-refractivity contribution in [3.8, 4) is 5.75 Å². The maximum absolute atomic E-state index is 9.40. The summed E-state index contributed by atoms with van der Waals surface area (Å²) in [5, 5.41) is 9.88. The number of phenols is 1. The summed E-state index contributed by atoms with van der Waals surface area (Å²) >= 11 is 8.99. The molecular weight excluding hydrogens is 277 g/mol. The second-order valence-electron chi connectivity index (χ2n) is 2.61. The first kappa shape index (κ1) is 13.0. The van der Waals surface area contributed by atoms with Gasteiger partial charge in [0, 0.05) is 16.1 Å². The topological polar surface area (TPSA) is 46.2 Å². The summed E-state index contributed by atoms with van der Waals surface area (Å²) in [6, 6.07) is 3.01. The number of rotatable bonds is 1. The van der Waals surface area contributed by atoms with E-state index in [1.165, 1.54) is 6.07 Å². The van der Waals surface area contributed by atoms with Crippen LogP contribution in [-0.2, 0) is 0 Å². The zero-order valence-electron chi connectivity index (χ0n) is 6.92. The van der Waals surface area contributed by atoms with E-state index in [1.807, 2.05) is 0 Å². The molecule has 1 atom stereocenters. The van der Waals surface area contributed by atoms with Crippen LogP contribution in [0.3, 0.4) is 0 Å². The molecule has 0 unspecified atom stereocenters. The number of halogens is 3. The summed E-state index contributed by atoms with van der Waals surface area (Å²) in [5.41, 5.74) is 6.30. The normalized spacial score (nSPS) is 12.0. The van der Waals surface area contributed by atoms with Gasteiger partial charge in [-0.3, -0.25) is 0 Å². The highest BCUT2D eigenvalue weighted by molar-refractivity contribution is 9.10. The third kappa shape index (κ3) is 3.02. The van der Waals surface area contributed by atoms with Gasteiger partial charge in [-0.25, -0.2) is 0 Å². The van der Waals surface area contributed by atoms with Crippen LogP contribution in [0.1, 0.15) is 18.5 Å². The molecule has 1 aromatic carbocycles. The molecule has 1 aromatic rings. The average Bonchev–Trinajstić information content (AvgIpc) is 1.96. The average molecular weight is 287 g/mol. The Morgan fingerprint density at radius 2 is 2.08 bits per heavy atom. The summed E-state index contributed by atoms with van der Waals surface area (Å²) in [6.07, 6.45) is 0. The van der Waals surface area contributed by atoms with E-state index in [0.29, 0.717) is 10.6 Å². The number of hydrogen-bond donors (Lipinski definition) is 2. The van der Waals surface area contributed by atoms with Crippen molar-refractivity contribution in [2.45, 2.75) is 13.0 Å². The molecule has 13 heavy (non-hydrogen) atoms. The van der Waals surface area contributed by atoms with Gasteiger partial charge in [-0.2, -0.15) is 0 Å². The monoisotopic (exact) mass is 285 g/mol. The number of phenolic OH excluding ortho intramolecular Hbond substituents is 1. The van der Waals surface area contributed by atoms with Crippen LogP contribution < -0.4 is 5.73 Å². The highest BCUT2D eigenvalue weighted by Gasteiger charge is 2.08. The SMILES string of the molecule is C[C@H](N)c1cc(Br)c(Cl)cc1O.Cl. The van der Waals surface area contributed by atoms with Crippen molar-refractivity contribution in [2.75, 3.05) is 0 Å². The Hall–Kier alpha value is 0.0400. The maximum Gasteiger partial charge on any atom is 0.121 e. The number of benzene rings is 1. The Bertz CT molecular complexity index is 304. The van der Waals surface area contributed by atoms with Gasteiger partial charge in [0.15, 0.2) is 0 Å². The van der Waals surface area contributed by atoms with Gasteiger partial charge in [-0.1, -0.05) is 11.6 Å². The van der Waals surface area contributed by atoms with Crippen LogP contribution in [0.5, 0.6) is 5.75 Å². The molecule has 74 valence electrons. The Kier molecular flexibility index (Phi) is 5.07. The summed E-state index contributed by atoms with van der Waals surface area (Å²) in [5.74, 6) is 0.137. The Balaban J connectivity index is 0.00000144. The van der Waals surface area contributed by atoms with E-state index in [4.69, 9.17) is 17.3 Å². The van der Waals surface area contributed by atoms with E-state index in [1.54, 1.807) is 13.0 Å². The van der Waals surface area contributed by atoms with Gasteiger partial charge in [0.05, 0.1) is 5.02 Å². The molecule has 0 aromatic heterocycles. The molecule has 0 saturated carbocycles. The predicted octanol–water partition coefficient (Wildman–Crippen LogP) is 3.25. The first-order valence-corrected chi connectivity index (χ1v) is 4.63.